The second-order valence-electron chi connectivity index (χ2n) is 3.14. The molecule has 0 aromatic carbocycles. The molecule has 3 heteroatoms. The number of hydrogen-bond acceptors (Lipinski definition) is 3. The van der Waals surface area contributed by atoms with Crippen molar-refractivity contribution in [3.63, 3.8) is 0 Å². The summed E-state index contributed by atoms with van der Waals surface area (Å²) >= 11 is 0. The maximum Gasteiger partial charge on any atom is 0.0856 e. The molecule has 2 atom stereocenters. The summed E-state index contributed by atoms with van der Waals surface area (Å²) < 4.78 is 5.57. The lowest BCUT2D eigenvalue weighted by Crippen LogP contribution is -2.49. The van der Waals surface area contributed by atoms with Gasteiger partial charge in [-0.05, 0) is 19.8 Å². The molecular formula is C8H16N2O. The minimum absolute atomic E-state index is 0.0602. The van der Waals surface area contributed by atoms with Crippen LogP contribution in [0.1, 0.15) is 19.8 Å². The second kappa shape index (κ2) is 3.34. The Hall–Kier alpha value is -0.380. The van der Waals surface area contributed by atoms with Crippen LogP contribution >= 0.6 is 0 Å². The van der Waals surface area contributed by atoms with E-state index in [0.717, 1.165) is 19.4 Å². The molecule has 3 nitrogen and oxygen atoms in total. The summed E-state index contributed by atoms with van der Waals surface area (Å²) in [5.74, 6) is 5.35. The van der Waals surface area contributed by atoms with Crippen molar-refractivity contribution in [3.05, 3.63) is 12.7 Å². The van der Waals surface area contributed by atoms with Crippen molar-refractivity contribution in [2.75, 3.05) is 6.61 Å². The lowest BCUT2D eigenvalue weighted by Gasteiger charge is -2.30. The van der Waals surface area contributed by atoms with E-state index in [0.29, 0.717) is 0 Å². The summed E-state index contributed by atoms with van der Waals surface area (Å²) in [6, 6.07) is 0.0602. The van der Waals surface area contributed by atoms with E-state index >= 15 is 0 Å². The number of nitrogens with two attached hydrogens (primary N) is 1. The molecule has 1 fully saturated rings. The van der Waals surface area contributed by atoms with Gasteiger partial charge in [0.15, 0.2) is 0 Å². The Morgan fingerprint density at radius 2 is 2.55 bits per heavy atom. The highest BCUT2D eigenvalue weighted by Gasteiger charge is 2.35. The first-order valence-corrected chi connectivity index (χ1v) is 3.95. The molecule has 11 heavy (non-hydrogen) atoms. The minimum Gasteiger partial charge on any atom is -0.373 e. The van der Waals surface area contributed by atoms with Gasteiger partial charge in [0.2, 0.25) is 0 Å². The van der Waals surface area contributed by atoms with Gasteiger partial charge in [0.05, 0.1) is 11.6 Å². The van der Waals surface area contributed by atoms with Crippen molar-refractivity contribution in [1.82, 2.24) is 5.43 Å². The molecule has 3 N–H and O–H groups in total. The third-order valence-corrected chi connectivity index (χ3v) is 2.32. The van der Waals surface area contributed by atoms with E-state index in [1.165, 1.54) is 0 Å². The first-order valence-electron chi connectivity index (χ1n) is 3.95. The summed E-state index contributed by atoms with van der Waals surface area (Å²) in [7, 11) is 0. The quantitative estimate of drug-likeness (QED) is 0.357. The Morgan fingerprint density at radius 3 is 2.91 bits per heavy atom. The van der Waals surface area contributed by atoms with E-state index in [-0.39, 0.29) is 11.6 Å². The smallest absolute Gasteiger partial charge is 0.0856 e. The Bertz CT molecular complexity index is 141. The van der Waals surface area contributed by atoms with Gasteiger partial charge < -0.3 is 4.74 Å². The molecule has 0 aromatic rings. The third-order valence-electron chi connectivity index (χ3n) is 2.32. The predicted molar refractivity (Wildman–Crippen MR) is 44.9 cm³/mol. The van der Waals surface area contributed by atoms with Gasteiger partial charge in [-0.1, -0.05) is 6.08 Å². The highest BCUT2D eigenvalue weighted by Crippen LogP contribution is 2.28. The SMILES string of the molecule is C=CC(NN)C1(C)CCCO1. The van der Waals surface area contributed by atoms with Crippen LogP contribution < -0.4 is 11.3 Å². The maximum atomic E-state index is 5.57. The molecule has 0 radical (unpaired) electrons. The molecule has 64 valence electrons. The third kappa shape index (κ3) is 1.61. The molecule has 1 aliphatic heterocycles. The number of hydrazine groups is 1. The minimum atomic E-state index is -0.142. The molecule has 1 aliphatic rings. The molecule has 0 amide bonds. The highest BCUT2D eigenvalue weighted by molar-refractivity contribution is 5.01. The fraction of sp³-hybridized carbons (Fsp3) is 0.750. The second-order valence-corrected chi connectivity index (χ2v) is 3.14. The average molecular weight is 156 g/mol. The van der Waals surface area contributed by atoms with Gasteiger partial charge in [0.25, 0.3) is 0 Å². The molecule has 0 bridgehead atoms. The number of rotatable bonds is 3. The monoisotopic (exact) mass is 156 g/mol. The van der Waals surface area contributed by atoms with Crippen molar-refractivity contribution in [1.29, 1.82) is 0 Å². The fourth-order valence-electron chi connectivity index (χ4n) is 1.54. The lowest BCUT2D eigenvalue weighted by molar-refractivity contribution is 0.00134. The van der Waals surface area contributed by atoms with Crippen LogP contribution in [0.5, 0.6) is 0 Å². The van der Waals surface area contributed by atoms with E-state index < -0.39 is 0 Å². The molecule has 1 heterocycles. The summed E-state index contributed by atoms with van der Waals surface area (Å²) in [6.07, 6.45) is 3.96. The summed E-state index contributed by atoms with van der Waals surface area (Å²) in [4.78, 5) is 0. The summed E-state index contributed by atoms with van der Waals surface area (Å²) in [6.45, 7) is 6.60. The van der Waals surface area contributed by atoms with E-state index in [9.17, 15) is 0 Å². The topological polar surface area (TPSA) is 47.3 Å². The van der Waals surface area contributed by atoms with Crippen molar-refractivity contribution < 1.29 is 4.74 Å². The van der Waals surface area contributed by atoms with Crippen LogP contribution in [-0.4, -0.2) is 18.2 Å². The van der Waals surface area contributed by atoms with Crippen LogP contribution in [0.3, 0.4) is 0 Å². The van der Waals surface area contributed by atoms with Crippen LogP contribution in [0, 0.1) is 0 Å². The molecule has 0 saturated carbocycles. The Morgan fingerprint density at radius 1 is 1.82 bits per heavy atom. The standard InChI is InChI=1S/C8H16N2O/c1-3-7(10-9)8(2)5-4-6-11-8/h3,7,10H,1,4-6,9H2,2H3. The fourth-order valence-corrected chi connectivity index (χ4v) is 1.54. The maximum absolute atomic E-state index is 5.57. The van der Waals surface area contributed by atoms with Crippen molar-refractivity contribution in [2.45, 2.75) is 31.4 Å². The normalized spacial score (nSPS) is 33.6. The van der Waals surface area contributed by atoms with Crippen LogP contribution in [-0.2, 0) is 4.74 Å². The van der Waals surface area contributed by atoms with Gasteiger partial charge in [0, 0.05) is 6.61 Å². The Kier molecular flexibility index (Phi) is 2.65. The highest BCUT2D eigenvalue weighted by atomic mass is 16.5. The van der Waals surface area contributed by atoms with Gasteiger partial charge in [-0.3, -0.25) is 11.3 Å². The van der Waals surface area contributed by atoms with Crippen LogP contribution in [0.15, 0.2) is 12.7 Å². The largest absolute Gasteiger partial charge is 0.373 e. The van der Waals surface area contributed by atoms with Crippen molar-refractivity contribution in [3.8, 4) is 0 Å². The number of hydrogen-bond donors (Lipinski definition) is 2. The van der Waals surface area contributed by atoms with Crippen LogP contribution in [0.2, 0.25) is 0 Å². The van der Waals surface area contributed by atoms with Crippen molar-refractivity contribution in [2.24, 2.45) is 5.84 Å². The Balaban J connectivity index is 2.60. The number of nitrogens with one attached hydrogen (secondary N) is 1. The van der Waals surface area contributed by atoms with Gasteiger partial charge >= 0.3 is 0 Å². The first-order chi connectivity index (χ1) is 5.23. The van der Waals surface area contributed by atoms with Gasteiger partial charge in [-0.2, -0.15) is 0 Å². The molecule has 0 aromatic heterocycles. The molecule has 1 rings (SSSR count). The summed E-state index contributed by atoms with van der Waals surface area (Å²) in [5.41, 5.74) is 2.55. The molecule has 2 unspecified atom stereocenters. The zero-order valence-electron chi connectivity index (χ0n) is 6.97. The average Bonchev–Trinajstić information content (AvgIpc) is 2.39. The molecule has 1 saturated heterocycles. The number of ether oxygens (including phenoxy) is 1. The van der Waals surface area contributed by atoms with Gasteiger partial charge in [0.1, 0.15) is 0 Å². The van der Waals surface area contributed by atoms with E-state index in [4.69, 9.17) is 10.6 Å². The van der Waals surface area contributed by atoms with Crippen molar-refractivity contribution >= 4 is 0 Å². The van der Waals surface area contributed by atoms with Crippen LogP contribution in [0.25, 0.3) is 0 Å². The zero-order chi connectivity index (χ0) is 8.32. The molecule has 0 spiro atoms. The molecule has 0 aliphatic carbocycles. The molecular weight excluding hydrogens is 140 g/mol. The van der Waals surface area contributed by atoms with Gasteiger partial charge in [-0.15, -0.1) is 6.58 Å². The zero-order valence-corrected chi connectivity index (χ0v) is 6.97. The predicted octanol–water partition coefficient (Wildman–Crippen LogP) is 0.573. The first kappa shape index (κ1) is 8.71. The van der Waals surface area contributed by atoms with Crippen LogP contribution in [0.4, 0.5) is 0 Å². The summed E-state index contributed by atoms with van der Waals surface area (Å²) in [5, 5.41) is 0. The lowest BCUT2D eigenvalue weighted by atomic mass is 9.94. The van der Waals surface area contributed by atoms with E-state index in [2.05, 4.69) is 18.9 Å². The van der Waals surface area contributed by atoms with E-state index in [1.54, 1.807) is 6.08 Å². The van der Waals surface area contributed by atoms with E-state index in [1.807, 2.05) is 0 Å². The van der Waals surface area contributed by atoms with Gasteiger partial charge in [-0.25, -0.2) is 0 Å². The Labute approximate surface area is 67.6 Å².